The molecule has 1 heterocycles. The molecule has 0 bridgehead atoms. The van der Waals surface area contributed by atoms with Crippen LogP contribution in [-0.4, -0.2) is 37.0 Å². The Morgan fingerprint density at radius 2 is 1.43 bits per heavy atom. The number of amides is 1. The lowest BCUT2D eigenvalue weighted by Crippen LogP contribution is -2.45. The predicted molar refractivity (Wildman–Crippen MR) is 124 cm³/mol. The Hall–Kier alpha value is -3.11. The van der Waals surface area contributed by atoms with E-state index < -0.39 is 0 Å². The topological polar surface area (TPSA) is 35.6 Å². The Balaban J connectivity index is 1.32. The molecule has 3 aromatic carbocycles. The minimum atomic E-state index is -0.0598. The molecule has 0 radical (unpaired) electrons. The lowest BCUT2D eigenvalue weighted by Gasteiger charge is -2.36. The molecule has 4 heteroatoms. The second-order valence-electron chi connectivity index (χ2n) is 8.02. The molecule has 1 N–H and O–H groups in total. The molecule has 1 amide bonds. The number of nitrogens with one attached hydrogen (secondary N) is 1. The summed E-state index contributed by atoms with van der Waals surface area (Å²) in [6.07, 6.45) is 0. The van der Waals surface area contributed by atoms with E-state index in [1.54, 1.807) is 0 Å². The maximum Gasteiger partial charge on any atom is 0.255 e. The number of carbonyl (C=O) groups excluding carboxylic acids is 1. The molecule has 0 unspecified atom stereocenters. The fourth-order valence-electron chi connectivity index (χ4n) is 4.02. The molecule has 1 saturated heterocycles. The summed E-state index contributed by atoms with van der Waals surface area (Å²) in [7, 11) is 0. The van der Waals surface area contributed by atoms with Crippen molar-refractivity contribution in [2.24, 2.45) is 0 Å². The number of piperazine rings is 1. The summed E-state index contributed by atoms with van der Waals surface area (Å²) in [4.78, 5) is 17.6. The molecule has 1 aliphatic heterocycles. The minimum Gasteiger partial charge on any atom is -0.369 e. The highest BCUT2D eigenvalue weighted by Gasteiger charge is 2.17. The fourth-order valence-corrected chi connectivity index (χ4v) is 4.02. The number of rotatable bonds is 5. The molecule has 1 aliphatic rings. The highest BCUT2D eigenvalue weighted by Crippen LogP contribution is 2.21. The molecular weight excluding hydrogens is 370 g/mol. The van der Waals surface area contributed by atoms with Gasteiger partial charge in [-0.15, -0.1) is 0 Å². The van der Waals surface area contributed by atoms with Crippen molar-refractivity contribution in [3.63, 3.8) is 0 Å². The van der Waals surface area contributed by atoms with Gasteiger partial charge in [-0.1, -0.05) is 48.5 Å². The van der Waals surface area contributed by atoms with Gasteiger partial charge < -0.3 is 10.2 Å². The zero-order chi connectivity index (χ0) is 20.9. The number of nitrogens with zero attached hydrogens (tertiary/aromatic N) is 2. The standard InChI is InChI=1S/C26H29N3O/c1-20-7-6-8-21(2)25(20)27-26(30)23-13-11-22(12-14-23)19-28-15-17-29(18-16-28)24-9-4-3-5-10-24/h3-14H,15-19H2,1-2H3,(H,27,30). The first-order chi connectivity index (χ1) is 14.6. The Morgan fingerprint density at radius 3 is 2.07 bits per heavy atom. The Labute approximate surface area is 179 Å². The highest BCUT2D eigenvalue weighted by molar-refractivity contribution is 6.05. The van der Waals surface area contributed by atoms with Crippen molar-refractivity contribution in [1.82, 2.24) is 4.90 Å². The first-order valence-electron chi connectivity index (χ1n) is 10.6. The van der Waals surface area contributed by atoms with Crippen molar-refractivity contribution in [1.29, 1.82) is 0 Å². The van der Waals surface area contributed by atoms with E-state index in [0.29, 0.717) is 5.56 Å². The number of hydrogen-bond donors (Lipinski definition) is 1. The number of carbonyl (C=O) groups is 1. The number of benzene rings is 3. The van der Waals surface area contributed by atoms with Crippen molar-refractivity contribution in [3.05, 3.63) is 95.1 Å². The van der Waals surface area contributed by atoms with Crippen LogP contribution in [0, 0.1) is 13.8 Å². The van der Waals surface area contributed by atoms with E-state index in [1.807, 2.05) is 44.2 Å². The molecule has 154 valence electrons. The summed E-state index contributed by atoms with van der Waals surface area (Å²) < 4.78 is 0. The first-order valence-corrected chi connectivity index (χ1v) is 10.6. The fraction of sp³-hybridized carbons (Fsp3) is 0.269. The molecule has 1 fully saturated rings. The van der Waals surface area contributed by atoms with Gasteiger partial charge in [-0.3, -0.25) is 9.69 Å². The summed E-state index contributed by atoms with van der Waals surface area (Å²) in [5.74, 6) is -0.0598. The van der Waals surface area contributed by atoms with Crippen LogP contribution in [0.5, 0.6) is 0 Å². The smallest absolute Gasteiger partial charge is 0.255 e. The van der Waals surface area contributed by atoms with Gasteiger partial charge in [0.25, 0.3) is 5.91 Å². The van der Waals surface area contributed by atoms with Crippen molar-refractivity contribution in [2.75, 3.05) is 36.4 Å². The summed E-state index contributed by atoms with van der Waals surface area (Å²) in [5, 5.41) is 3.06. The largest absolute Gasteiger partial charge is 0.369 e. The van der Waals surface area contributed by atoms with Crippen molar-refractivity contribution >= 4 is 17.3 Å². The van der Waals surface area contributed by atoms with Crippen molar-refractivity contribution in [2.45, 2.75) is 20.4 Å². The summed E-state index contributed by atoms with van der Waals surface area (Å²) in [6.45, 7) is 9.13. The molecule has 0 aliphatic carbocycles. The summed E-state index contributed by atoms with van der Waals surface area (Å²) >= 11 is 0. The maximum absolute atomic E-state index is 12.7. The van der Waals surface area contributed by atoms with Crippen LogP contribution in [0.4, 0.5) is 11.4 Å². The van der Waals surface area contributed by atoms with Crippen LogP contribution in [0.2, 0.25) is 0 Å². The van der Waals surface area contributed by atoms with E-state index >= 15 is 0 Å². The zero-order valence-electron chi connectivity index (χ0n) is 17.8. The first kappa shape index (κ1) is 20.2. The average Bonchev–Trinajstić information content (AvgIpc) is 2.78. The highest BCUT2D eigenvalue weighted by atomic mass is 16.1. The molecule has 3 aromatic rings. The van der Waals surface area contributed by atoms with Crippen LogP contribution in [0.3, 0.4) is 0 Å². The lowest BCUT2D eigenvalue weighted by atomic mass is 10.1. The third-order valence-corrected chi connectivity index (χ3v) is 5.84. The number of aryl methyl sites for hydroxylation is 2. The average molecular weight is 400 g/mol. The zero-order valence-corrected chi connectivity index (χ0v) is 17.8. The molecule has 4 rings (SSSR count). The van der Waals surface area contributed by atoms with Crippen LogP contribution in [0.15, 0.2) is 72.8 Å². The molecule has 4 nitrogen and oxygen atoms in total. The minimum absolute atomic E-state index is 0.0598. The van der Waals surface area contributed by atoms with Gasteiger partial charge in [0, 0.05) is 49.7 Å². The second-order valence-corrected chi connectivity index (χ2v) is 8.02. The van der Waals surface area contributed by atoms with E-state index in [9.17, 15) is 4.79 Å². The number of anilines is 2. The SMILES string of the molecule is Cc1cccc(C)c1NC(=O)c1ccc(CN2CCN(c3ccccc3)CC2)cc1. The third kappa shape index (κ3) is 4.71. The normalized spacial score (nSPS) is 14.5. The summed E-state index contributed by atoms with van der Waals surface area (Å²) in [5.41, 5.74) is 6.30. The van der Waals surface area contributed by atoms with Crippen molar-refractivity contribution < 1.29 is 4.79 Å². The van der Waals surface area contributed by atoms with Gasteiger partial charge in [0.1, 0.15) is 0 Å². The maximum atomic E-state index is 12.7. The molecule has 0 saturated carbocycles. The molecule has 30 heavy (non-hydrogen) atoms. The van der Waals surface area contributed by atoms with Gasteiger partial charge in [0.05, 0.1) is 0 Å². The van der Waals surface area contributed by atoms with Crippen LogP contribution in [0.25, 0.3) is 0 Å². The summed E-state index contributed by atoms with van der Waals surface area (Å²) in [6, 6.07) is 24.7. The van der Waals surface area contributed by atoms with Gasteiger partial charge in [-0.2, -0.15) is 0 Å². The van der Waals surface area contributed by atoms with Crippen molar-refractivity contribution in [3.8, 4) is 0 Å². The van der Waals surface area contributed by atoms with Gasteiger partial charge in [0.2, 0.25) is 0 Å². The molecular formula is C26H29N3O. The third-order valence-electron chi connectivity index (χ3n) is 5.84. The van der Waals surface area contributed by atoms with Gasteiger partial charge >= 0.3 is 0 Å². The lowest BCUT2D eigenvalue weighted by molar-refractivity contribution is 0.102. The van der Waals surface area contributed by atoms with Gasteiger partial charge in [-0.05, 0) is 54.8 Å². The second kappa shape index (κ2) is 9.14. The van der Waals surface area contributed by atoms with E-state index in [-0.39, 0.29) is 5.91 Å². The quantitative estimate of drug-likeness (QED) is 0.664. The van der Waals surface area contributed by atoms with E-state index in [1.165, 1.54) is 11.3 Å². The van der Waals surface area contributed by atoms with Gasteiger partial charge in [-0.25, -0.2) is 0 Å². The van der Waals surface area contributed by atoms with Crippen LogP contribution < -0.4 is 10.2 Å². The molecule has 0 atom stereocenters. The molecule has 0 aromatic heterocycles. The van der Waals surface area contributed by atoms with Gasteiger partial charge in [0.15, 0.2) is 0 Å². The Kier molecular flexibility index (Phi) is 6.15. The monoisotopic (exact) mass is 399 g/mol. The molecule has 0 spiro atoms. The van der Waals surface area contributed by atoms with Crippen LogP contribution >= 0.6 is 0 Å². The Morgan fingerprint density at radius 1 is 0.800 bits per heavy atom. The van der Waals surface area contributed by atoms with Crippen LogP contribution in [-0.2, 0) is 6.54 Å². The van der Waals surface area contributed by atoms with E-state index in [4.69, 9.17) is 0 Å². The van der Waals surface area contributed by atoms with Crippen LogP contribution in [0.1, 0.15) is 27.0 Å². The number of para-hydroxylation sites is 2. The van der Waals surface area contributed by atoms with E-state index in [0.717, 1.165) is 49.5 Å². The predicted octanol–water partition coefficient (Wildman–Crippen LogP) is 4.88. The Bertz CT molecular complexity index is 970. The van der Waals surface area contributed by atoms with E-state index in [2.05, 4.69) is 57.6 Å². The number of hydrogen-bond acceptors (Lipinski definition) is 3.